The largest absolute Gasteiger partial charge is 0.372 e. The molecule has 0 aromatic heterocycles. The zero-order valence-electron chi connectivity index (χ0n) is 14.2. The highest BCUT2D eigenvalue weighted by atomic mass is 19.1. The van der Waals surface area contributed by atoms with Crippen LogP contribution in [-0.2, 0) is 11.3 Å². The lowest BCUT2D eigenvalue weighted by atomic mass is 10.1. The van der Waals surface area contributed by atoms with Crippen LogP contribution in [0.25, 0.3) is 0 Å². The Morgan fingerprint density at radius 2 is 1.96 bits per heavy atom. The number of rotatable bonds is 4. The SMILES string of the molecule is Cc1ccc(C(=O)N2CCC[C@H](OCc3ccc(F)cc3F)C2)cc1. The Bertz CT molecular complexity index is 746. The monoisotopic (exact) mass is 345 g/mol. The number of hydrogen-bond donors (Lipinski definition) is 0. The molecule has 132 valence electrons. The van der Waals surface area contributed by atoms with Gasteiger partial charge in [0.15, 0.2) is 0 Å². The first-order valence-corrected chi connectivity index (χ1v) is 8.44. The van der Waals surface area contributed by atoms with E-state index < -0.39 is 11.6 Å². The van der Waals surface area contributed by atoms with Crippen LogP contribution in [0.3, 0.4) is 0 Å². The van der Waals surface area contributed by atoms with Crippen molar-refractivity contribution >= 4 is 5.91 Å². The Kier molecular flexibility index (Phi) is 5.43. The predicted octanol–water partition coefficient (Wildman–Crippen LogP) is 4.09. The van der Waals surface area contributed by atoms with Crippen LogP contribution in [-0.4, -0.2) is 30.0 Å². The zero-order chi connectivity index (χ0) is 17.8. The average Bonchev–Trinajstić information content (AvgIpc) is 2.61. The Labute approximate surface area is 146 Å². The molecule has 2 aromatic rings. The van der Waals surface area contributed by atoms with Gasteiger partial charge in [-0.3, -0.25) is 4.79 Å². The molecule has 3 rings (SSSR count). The standard InChI is InChI=1S/C20H21F2NO2/c1-14-4-6-15(7-5-14)20(24)23-10-2-3-18(12-23)25-13-16-8-9-17(21)11-19(16)22/h4-9,11,18H,2-3,10,12-13H2,1H3/t18-/m0/s1. The van der Waals surface area contributed by atoms with Crippen molar-refractivity contribution in [3.8, 4) is 0 Å². The zero-order valence-corrected chi connectivity index (χ0v) is 14.2. The Balaban J connectivity index is 1.59. The fourth-order valence-electron chi connectivity index (χ4n) is 2.98. The van der Waals surface area contributed by atoms with Crippen LogP contribution >= 0.6 is 0 Å². The summed E-state index contributed by atoms with van der Waals surface area (Å²) in [5, 5.41) is 0. The summed E-state index contributed by atoms with van der Waals surface area (Å²) in [5.74, 6) is -1.22. The van der Waals surface area contributed by atoms with E-state index in [9.17, 15) is 13.6 Å². The van der Waals surface area contributed by atoms with Gasteiger partial charge >= 0.3 is 0 Å². The molecule has 0 unspecified atom stereocenters. The fraction of sp³-hybridized carbons (Fsp3) is 0.350. The van der Waals surface area contributed by atoms with Crippen LogP contribution in [0.5, 0.6) is 0 Å². The molecule has 1 aliphatic heterocycles. The van der Waals surface area contributed by atoms with Crippen LogP contribution in [0.1, 0.15) is 34.3 Å². The van der Waals surface area contributed by atoms with Crippen molar-refractivity contribution in [2.45, 2.75) is 32.5 Å². The number of hydrogen-bond acceptors (Lipinski definition) is 2. The molecule has 3 nitrogen and oxygen atoms in total. The molecule has 1 aliphatic rings. The van der Waals surface area contributed by atoms with E-state index >= 15 is 0 Å². The van der Waals surface area contributed by atoms with Gasteiger partial charge in [0.05, 0.1) is 12.7 Å². The van der Waals surface area contributed by atoms with Crippen molar-refractivity contribution in [2.24, 2.45) is 0 Å². The number of halogens is 2. The van der Waals surface area contributed by atoms with Crippen LogP contribution in [0, 0.1) is 18.6 Å². The summed E-state index contributed by atoms with van der Waals surface area (Å²) in [4.78, 5) is 14.4. The van der Waals surface area contributed by atoms with Gasteiger partial charge in [-0.2, -0.15) is 0 Å². The highest BCUT2D eigenvalue weighted by Gasteiger charge is 2.25. The van der Waals surface area contributed by atoms with E-state index in [-0.39, 0.29) is 18.6 Å². The van der Waals surface area contributed by atoms with Crippen LogP contribution in [0.2, 0.25) is 0 Å². The van der Waals surface area contributed by atoms with Crippen molar-refractivity contribution in [3.05, 3.63) is 70.8 Å². The maximum atomic E-state index is 13.7. The highest BCUT2D eigenvalue weighted by Crippen LogP contribution is 2.19. The van der Waals surface area contributed by atoms with Gasteiger partial charge in [0, 0.05) is 30.3 Å². The molecule has 0 saturated carbocycles. The molecule has 0 aliphatic carbocycles. The number of amides is 1. The first-order valence-electron chi connectivity index (χ1n) is 8.44. The van der Waals surface area contributed by atoms with E-state index in [0.29, 0.717) is 24.2 Å². The van der Waals surface area contributed by atoms with Gasteiger partial charge in [0.25, 0.3) is 5.91 Å². The van der Waals surface area contributed by atoms with E-state index in [1.165, 1.54) is 12.1 Å². The van der Waals surface area contributed by atoms with E-state index in [1.54, 1.807) is 4.90 Å². The smallest absolute Gasteiger partial charge is 0.253 e. The Hall–Kier alpha value is -2.27. The van der Waals surface area contributed by atoms with E-state index in [0.717, 1.165) is 24.5 Å². The van der Waals surface area contributed by atoms with E-state index in [4.69, 9.17) is 4.74 Å². The lowest BCUT2D eigenvalue weighted by molar-refractivity contribution is -0.00764. The summed E-state index contributed by atoms with van der Waals surface area (Å²) in [5.41, 5.74) is 2.09. The van der Waals surface area contributed by atoms with Crippen molar-refractivity contribution in [2.75, 3.05) is 13.1 Å². The Morgan fingerprint density at radius 1 is 1.20 bits per heavy atom. The maximum absolute atomic E-state index is 13.7. The third-order valence-corrected chi connectivity index (χ3v) is 4.45. The number of piperidine rings is 1. The van der Waals surface area contributed by atoms with E-state index in [2.05, 4.69) is 0 Å². The van der Waals surface area contributed by atoms with E-state index in [1.807, 2.05) is 31.2 Å². The number of nitrogens with zero attached hydrogens (tertiary/aromatic N) is 1. The van der Waals surface area contributed by atoms with Crippen molar-refractivity contribution in [3.63, 3.8) is 0 Å². The minimum Gasteiger partial charge on any atom is -0.372 e. The normalized spacial score (nSPS) is 17.6. The molecule has 1 fully saturated rings. The molecular formula is C20H21F2NO2. The minimum atomic E-state index is -0.608. The van der Waals surface area contributed by atoms with Crippen molar-refractivity contribution < 1.29 is 18.3 Å². The van der Waals surface area contributed by atoms with Gasteiger partial charge in [-0.25, -0.2) is 8.78 Å². The van der Waals surface area contributed by atoms with Gasteiger partial charge in [-0.1, -0.05) is 23.8 Å². The van der Waals surface area contributed by atoms with Crippen LogP contribution < -0.4 is 0 Å². The van der Waals surface area contributed by atoms with Crippen molar-refractivity contribution in [1.82, 2.24) is 4.90 Å². The molecule has 5 heteroatoms. The first-order chi connectivity index (χ1) is 12.0. The number of aryl methyl sites for hydroxylation is 1. The van der Waals surface area contributed by atoms with Crippen LogP contribution in [0.15, 0.2) is 42.5 Å². The summed E-state index contributed by atoms with van der Waals surface area (Å²) in [6.45, 7) is 3.23. The summed E-state index contributed by atoms with van der Waals surface area (Å²) in [7, 11) is 0. The molecule has 0 spiro atoms. The third kappa shape index (κ3) is 4.42. The van der Waals surface area contributed by atoms with Gasteiger partial charge < -0.3 is 9.64 Å². The number of benzene rings is 2. The van der Waals surface area contributed by atoms with Gasteiger partial charge in [-0.05, 0) is 38.0 Å². The third-order valence-electron chi connectivity index (χ3n) is 4.45. The second-order valence-electron chi connectivity index (χ2n) is 6.43. The Morgan fingerprint density at radius 3 is 2.68 bits per heavy atom. The number of ether oxygens (including phenoxy) is 1. The van der Waals surface area contributed by atoms with Gasteiger partial charge in [-0.15, -0.1) is 0 Å². The second-order valence-corrected chi connectivity index (χ2v) is 6.43. The number of carbonyl (C=O) groups is 1. The van der Waals surface area contributed by atoms with Crippen LogP contribution in [0.4, 0.5) is 8.78 Å². The summed E-state index contributed by atoms with van der Waals surface area (Å²) in [6.07, 6.45) is 1.52. The average molecular weight is 345 g/mol. The van der Waals surface area contributed by atoms with Gasteiger partial charge in [0.1, 0.15) is 11.6 Å². The molecule has 25 heavy (non-hydrogen) atoms. The lowest BCUT2D eigenvalue weighted by Gasteiger charge is -2.32. The number of likely N-dealkylation sites (tertiary alicyclic amines) is 1. The summed E-state index contributed by atoms with van der Waals surface area (Å²) in [6, 6.07) is 11.0. The molecule has 1 heterocycles. The fourth-order valence-corrected chi connectivity index (χ4v) is 2.98. The molecule has 0 N–H and O–H groups in total. The lowest BCUT2D eigenvalue weighted by Crippen LogP contribution is -2.43. The minimum absolute atomic E-state index is 0.0127. The maximum Gasteiger partial charge on any atom is 0.253 e. The predicted molar refractivity (Wildman–Crippen MR) is 91.3 cm³/mol. The summed E-state index contributed by atoms with van der Waals surface area (Å²) >= 11 is 0. The highest BCUT2D eigenvalue weighted by molar-refractivity contribution is 5.94. The summed E-state index contributed by atoms with van der Waals surface area (Å²) < 4.78 is 32.4. The van der Waals surface area contributed by atoms with Gasteiger partial charge in [0.2, 0.25) is 0 Å². The molecule has 0 radical (unpaired) electrons. The second kappa shape index (κ2) is 7.74. The molecule has 1 atom stereocenters. The molecular weight excluding hydrogens is 324 g/mol. The molecule has 0 bridgehead atoms. The molecule has 2 aromatic carbocycles. The number of carbonyl (C=O) groups excluding carboxylic acids is 1. The molecule has 1 saturated heterocycles. The first kappa shape index (κ1) is 17.5. The topological polar surface area (TPSA) is 29.5 Å². The van der Waals surface area contributed by atoms with Crippen molar-refractivity contribution in [1.29, 1.82) is 0 Å². The quantitative estimate of drug-likeness (QED) is 0.835. The molecule has 1 amide bonds.